The third-order valence-electron chi connectivity index (χ3n) is 3.95. The predicted molar refractivity (Wildman–Crippen MR) is 89.5 cm³/mol. The molecular weight excluding hydrogens is 278 g/mol. The molecule has 0 aromatic heterocycles. The molecule has 0 radical (unpaired) electrons. The summed E-state index contributed by atoms with van der Waals surface area (Å²) in [5.41, 5.74) is 0.932. The quantitative estimate of drug-likeness (QED) is 0.759. The zero-order valence-corrected chi connectivity index (χ0v) is 14.8. The van der Waals surface area contributed by atoms with Crippen molar-refractivity contribution in [1.82, 2.24) is 15.1 Å². The maximum atomic E-state index is 12.7. The second kappa shape index (κ2) is 8.32. The van der Waals surface area contributed by atoms with Crippen LogP contribution in [0.1, 0.15) is 40.5 Å². The molecule has 0 bridgehead atoms. The zero-order chi connectivity index (χ0) is 16.9. The summed E-state index contributed by atoms with van der Waals surface area (Å²) in [6, 6.07) is -0.0128. The van der Waals surface area contributed by atoms with Crippen molar-refractivity contribution in [3.63, 3.8) is 0 Å². The lowest BCUT2D eigenvalue weighted by Gasteiger charge is -2.26. The number of likely N-dealkylation sites (N-methyl/N-ethyl adjacent to an activating group) is 1. The van der Waals surface area contributed by atoms with Crippen molar-refractivity contribution in [1.29, 1.82) is 0 Å². The van der Waals surface area contributed by atoms with Crippen LogP contribution in [0.25, 0.3) is 0 Å². The van der Waals surface area contributed by atoms with Crippen LogP contribution in [0.2, 0.25) is 0 Å². The highest BCUT2D eigenvalue weighted by molar-refractivity contribution is 5.93. The molecule has 22 heavy (non-hydrogen) atoms. The lowest BCUT2D eigenvalue weighted by molar-refractivity contribution is -0.135. The van der Waals surface area contributed by atoms with Crippen LogP contribution in [0, 0.1) is 5.92 Å². The number of allylic oxidation sites excluding steroid dienone is 1. The van der Waals surface area contributed by atoms with E-state index in [1.807, 2.05) is 32.8 Å². The first-order chi connectivity index (χ1) is 10.2. The van der Waals surface area contributed by atoms with Crippen LogP contribution >= 0.6 is 0 Å². The normalized spacial score (nSPS) is 19.5. The molecule has 0 unspecified atom stereocenters. The van der Waals surface area contributed by atoms with Gasteiger partial charge in [0.2, 0.25) is 11.8 Å². The maximum Gasteiger partial charge on any atom is 0.245 e. The Morgan fingerprint density at radius 2 is 1.95 bits per heavy atom. The van der Waals surface area contributed by atoms with E-state index in [1.165, 1.54) is 0 Å². The summed E-state index contributed by atoms with van der Waals surface area (Å²) in [6.07, 6.45) is 3.21. The summed E-state index contributed by atoms with van der Waals surface area (Å²) in [5.74, 6) is 0.226. The fraction of sp³-hybridized carbons (Fsp3) is 0.765. The van der Waals surface area contributed by atoms with E-state index in [0.717, 1.165) is 25.1 Å². The van der Waals surface area contributed by atoms with Gasteiger partial charge in [-0.3, -0.25) is 9.59 Å². The van der Waals surface area contributed by atoms with Crippen molar-refractivity contribution in [2.24, 2.45) is 5.92 Å². The minimum Gasteiger partial charge on any atom is -0.341 e. The molecule has 2 atom stereocenters. The lowest BCUT2D eigenvalue weighted by atomic mass is 10.0. The zero-order valence-electron chi connectivity index (χ0n) is 14.8. The highest BCUT2D eigenvalue weighted by Gasteiger charge is 2.32. The summed E-state index contributed by atoms with van der Waals surface area (Å²) in [5, 5.41) is 2.88. The first-order valence-electron chi connectivity index (χ1n) is 8.11. The summed E-state index contributed by atoms with van der Waals surface area (Å²) in [4.78, 5) is 28.8. The van der Waals surface area contributed by atoms with Crippen LogP contribution in [0.15, 0.2) is 11.6 Å². The van der Waals surface area contributed by atoms with Crippen molar-refractivity contribution >= 4 is 11.8 Å². The molecule has 1 aliphatic heterocycles. The highest BCUT2D eigenvalue weighted by atomic mass is 16.2. The van der Waals surface area contributed by atoms with Gasteiger partial charge in [-0.15, -0.1) is 0 Å². The molecule has 0 spiro atoms. The van der Waals surface area contributed by atoms with E-state index in [-0.39, 0.29) is 11.8 Å². The van der Waals surface area contributed by atoms with Gasteiger partial charge in [-0.2, -0.15) is 0 Å². The van der Waals surface area contributed by atoms with E-state index < -0.39 is 6.04 Å². The Bertz CT molecular complexity index is 426. The Kier molecular flexibility index (Phi) is 7.07. The van der Waals surface area contributed by atoms with Gasteiger partial charge in [-0.05, 0) is 46.7 Å². The molecule has 0 saturated carbocycles. The molecule has 5 heteroatoms. The number of likely N-dealkylation sites (tertiary alicyclic amines) is 1. The lowest BCUT2D eigenvalue weighted by Crippen LogP contribution is -2.48. The van der Waals surface area contributed by atoms with Gasteiger partial charge in [0.05, 0.1) is 0 Å². The first kappa shape index (κ1) is 18.7. The van der Waals surface area contributed by atoms with Gasteiger partial charge in [0.15, 0.2) is 0 Å². The van der Waals surface area contributed by atoms with E-state index in [0.29, 0.717) is 18.4 Å². The van der Waals surface area contributed by atoms with Crippen molar-refractivity contribution < 1.29 is 9.59 Å². The smallest absolute Gasteiger partial charge is 0.245 e. The summed E-state index contributed by atoms with van der Waals surface area (Å²) < 4.78 is 0. The number of hydrogen-bond acceptors (Lipinski definition) is 3. The first-order valence-corrected chi connectivity index (χ1v) is 8.11. The summed E-state index contributed by atoms with van der Waals surface area (Å²) >= 11 is 0. The van der Waals surface area contributed by atoms with E-state index in [4.69, 9.17) is 0 Å². The van der Waals surface area contributed by atoms with E-state index in [1.54, 1.807) is 6.08 Å². The molecular formula is C17H31N3O2. The highest BCUT2D eigenvalue weighted by Crippen LogP contribution is 2.16. The molecule has 1 rings (SSSR count). The largest absolute Gasteiger partial charge is 0.341 e. The summed E-state index contributed by atoms with van der Waals surface area (Å²) in [6.45, 7) is 9.41. The number of nitrogens with zero attached hydrogens (tertiary/aromatic N) is 2. The summed E-state index contributed by atoms with van der Waals surface area (Å²) in [7, 11) is 4.08. The maximum absolute atomic E-state index is 12.7. The number of nitrogens with one attached hydrogen (secondary N) is 1. The van der Waals surface area contributed by atoms with Crippen molar-refractivity contribution in [2.45, 2.75) is 52.6 Å². The topological polar surface area (TPSA) is 52.7 Å². The van der Waals surface area contributed by atoms with Gasteiger partial charge in [0, 0.05) is 25.2 Å². The van der Waals surface area contributed by atoms with Gasteiger partial charge in [0.1, 0.15) is 6.04 Å². The van der Waals surface area contributed by atoms with Crippen molar-refractivity contribution in [2.75, 3.05) is 27.2 Å². The fourth-order valence-corrected chi connectivity index (χ4v) is 2.75. The van der Waals surface area contributed by atoms with Crippen molar-refractivity contribution in [3.05, 3.63) is 11.6 Å². The SMILES string of the molecule is CC(C)=CC(=O)N[C@@H](CC(C)C)C(=O)N1CC[C@H](N(C)C)C1. The average molecular weight is 309 g/mol. The molecule has 0 aliphatic carbocycles. The average Bonchev–Trinajstić information content (AvgIpc) is 2.85. The van der Waals surface area contributed by atoms with Gasteiger partial charge < -0.3 is 15.1 Å². The van der Waals surface area contributed by atoms with Crippen LogP contribution in [-0.4, -0.2) is 60.9 Å². The Morgan fingerprint density at radius 1 is 1.32 bits per heavy atom. The Hall–Kier alpha value is -1.36. The van der Waals surface area contributed by atoms with Gasteiger partial charge in [0.25, 0.3) is 0 Å². The molecule has 5 nitrogen and oxygen atoms in total. The van der Waals surface area contributed by atoms with Gasteiger partial charge >= 0.3 is 0 Å². The minimum atomic E-state index is -0.427. The van der Waals surface area contributed by atoms with Crippen LogP contribution in [0.5, 0.6) is 0 Å². The monoisotopic (exact) mass is 309 g/mol. The number of amides is 2. The predicted octanol–water partition coefficient (Wildman–Crippen LogP) is 1.65. The molecule has 0 aromatic carbocycles. The molecule has 0 aromatic rings. The second-order valence-corrected chi connectivity index (χ2v) is 7.10. The number of rotatable bonds is 6. The van der Waals surface area contributed by atoms with Crippen LogP contribution < -0.4 is 5.32 Å². The second-order valence-electron chi connectivity index (χ2n) is 7.10. The van der Waals surface area contributed by atoms with Gasteiger partial charge in [-0.1, -0.05) is 19.4 Å². The molecule has 2 amide bonds. The van der Waals surface area contributed by atoms with E-state index >= 15 is 0 Å². The number of carbonyl (C=O) groups is 2. The third kappa shape index (κ3) is 5.79. The van der Waals surface area contributed by atoms with Gasteiger partial charge in [-0.25, -0.2) is 0 Å². The Labute approximate surface area is 134 Å². The number of carbonyl (C=O) groups excluding carboxylic acids is 2. The van der Waals surface area contributed by atoms with E-state index in [2.05, 4.69) is 24.1 Å². The molecule has 1 aliphatic rings. The Balaban J connectivity index is 2.73. The molecule has 1 N–H and O–H groups in total. The molecule has 1 fully saturated rings. The minimum absolute atomic E-state index is 0.0496. The Morgan fingerprint density at radius 3 is 2.41 bits per heavy atom. The third-order valence-corrected chi connectivity index (χ3v) is 3.95. The van der Waals surface area contributed by atoms with E-state index in [9.17, 15) is 9.59 Å². The van der Waals surface area contributed by atoms with Crippen LogP contribution in [-0.2, 0) is 9.59 Å². The fourth-order valence-electron chi connectivity index (χ4n) is 2.75. The molecule has 1 saturated heterocycles. The van der Waals surface area contributed by atoms with Crippen LogP contribution in [0.3, 0.4) is 0 Å². The molecule has 1 heterocycles. The van der Waals surface area contributed by atoms with Crippen LogP contribution in [0.4, 0.5) is 0 Å². The standard InChI is InChI=1S/C17H31N3O2/c1-12(2)9-15(18-16(21)10-13(3)4)17(22)20-8-7-14(11-20)19(5)6/h10,12,14-15H,7-9,11H2,1-6H3,(H,18,21)/t14-,15-/m0/s1. The molecule has 126 valence electrons. The van der Waals surface area contributed by atoms with Crippen molar-refractivity contribution in [3.8, 4) is 0 Å². The number of hydrogen-bond donors (Lipinski definition) is 1.